The van der Waals surface area contributed by atoms with Crippen molar-refractivity contribution in [3.63, 3.8) is 0 Å². The van der Waals surface area contributed by atoms with Gasteiger partial charge in [0, 0.05) is 12.8 Å². The number of sulfone groups is 1. The molecule has 2 aromatic carbocycles. The lowest BCUT2D eigenvalue weighted by atomic mass is 9.83. The number of benzene rings is 2. The van der Waals surface area contributed by atoms with Crippen molar-refractivity contribution < 1.29 is 17.6 Å². The Balaban J connectivity index is 1.78. The molecule has 0 saturated heterocycles. The number of carbonyl (C=O) groups is 1. The molecule has 0 spiro atoms. The second kappa shape index (κ2) is 6.96. The summed E-state index contributed by atoms with van der Waals surface area (Å²) < 4.78 is 37.3. The van der Waals surface area contributed by atoms with Crippen LogP contribution in [0.1, 0.15) is 16.7 Å². The topological polar surface area (TPSA) is 63.2 Å². The molecule has 3 rings (SSSR count). The van der Waals surface area contributed by atoms with Crippen molar-refractivity contribution in [2.24, 2.45) is 5.92 Å². The minimum atomic E-state index is -3.36. The van der Waals surface area contributed by atoms with Crippen molar-refractivity contribution in [2.45, 2.75) is 24.6 Å². The standard InChI is InChI=1S/C19H20FNO3S/c1-25(23,24)18-11-15-5-3-2-4-14(15)10-17(18)19(22)21-12-13-6-8-16(20)9-7-13/h2-9,17-18H,10-12H2,1H3,(H,21,22). The first kappa shape index (κ1) is 17.6. The van der Waals surface area contributed by atoms with Gasteiger partial charge < -0.3 is 5.32 Å². The number of amides is 1. The van der Waals surface area contributed by atoms with E-state index in [0.717, 1.165) is 16.7 Å². The van der Waals surface area contributed by atoms with Gasteiger partial charge in [0.25, 0.3) is 0 Å². The molecule has 2 aromatic rings. The molecule has 6 heteroatoms. The zero-order chi connectivity index (χ0) is 18.0. The Morgan fingerprint density at radius 2 is 1.68 bits per heavy atom. The van der Waals surface area contributed by atoms with Gasteiger partial charge in [0.2, 0.25) is 5.91 Å². The molecule has 2 unspecified atom stereocenters. The van der Waals surface area contributed by atoms with Crippen LogP contribution in [0.15, 0.2) is 48.5 Å². The average Bonchev–Trinajstić information content (AvgIpc) is 2.59. The lowest BCUT2D eigenvalue weighted by molar-refractivity contribution is -0.125. The summed E-state index contributed by atoms with van der Waals surface area (Å²) >= 11 is 0. The van der Waals surface area contributed by atoms with Crippen molar-refractivity contribution in [3.8, 4) is 0 Å². The summed E-state index contributed by atoms with van der Waals surface area (Å²) in [4.78, 5) is 12.7. The summed E-state index contributed by atoms with van der Waals surface area (Å²) in [6, 6.07) is 13.5. The Bertz CT molecular complexity index is 878. The summed E-state index contributed by atoms with van der Waals surface area (Å²) in [6.45, 7) is 0.244. The van der Waals surface area contributed by atoms with Crippen LogP contribution in [0.25, 0.3) is 0 Å². The second-order valence-electron chi connectivity index (χ2n) is 6.50. The van der Waals surface area contributed by atoms with E-state index in [0.29, 0.717) is 12.8 Å². The molecule has 0 saturated carbocycles. The third-order valence-corrected chi connectivity index (χ3v) is 6.29. The molecule has 1 amide bonds. The lowest BCUT2D eigenvalue weighted by Crippen LogP contribution is -2.45. The van der Waals surface area contributed by atoms with Crippen LogP contribution in [0.2, 0.25) is 0 Å². The number of rotatable bonds is 4. The van der Waals surface area contributed by atoms with Gasteiger partial charge in [0.15, 0.2) is 9.84 Å². The first-order valence-electron chi connectivity index (χ1n) is 8.12. The highest BCUT2D eigenvalue weighted by Gasteiger charge is 2.39. The normalized spacial score (nSPS) is 19.9. The Hall–Kier alpha value is -2.21. The van der Waals surface area contributed by atoms with E-state index in [1.165, 1.54) is 18.4 Å². The van der Waals surface area contributed by atoms with Crippen molar-refractivity contribution >= 4 is 15.7 Å². The predicted molar refractivity (Wildman–Crippen MR) is 94.2 cm³/mol. The van der Waals surface area contributed by atoms with E-state index in [1.807, 2.05) is 24.3 Å². The van der Waals surface area contributed by atoms with Crippen LogP contribution in [0.3, 0.4) is 0 Å². The van der Waals surface area contributed by atoms with Crippen molar-refractivity contribution in [1.29, 1.82) is 0 Å². The number of halogens is 1. The van der Waals surface area contributed by atoms with E-state index in [9.17, 15) is 17.6 Å². The van der Waals surface area contributed by atoms with Gasteiger partial charge in [-0.05, 0) is 41.7 Å². The Morgan fingerprint density at radius 3 is 2.28 bits per heavy atom. The Kier molecular flexibility index (Phi) is 4.90. The van der Waals surface area contributed by atoms with Gasteiger partial charge in [-0.2, -0.15) is 0 Å². The highest BCUT2D eigenvalue weighted by atomic mass is 32.2. The van der Waals surface area contributed by atoms with Gasteiger partial charge in [-0.3, -0.25) is 4.79 Å². The molecule has 1 aliphatic rings. The molecule has 2 atom stereocenters. The maximum atomic E-state index is 12.9. The fourth-order valence-corrected chi connectivity index (χ4v) is 4.62. The zero-order valence-electron chi connectivity index (χ0n) is 13.9. The van der Waals surface area contributed by atoms with Crippen molar-refractivity contribution in [3.05, 3.63) is 71.0 Å². The molecule has 0 aliphatic heterocycles. The molecule has 25 heavy (non-hydrogen) atoms. The molecular formula is C19H20FNO3S. The fourth-order valence-electron chi connectivity index (χ4n) is 3.32. The van der Waals surface area contributed by atoms with E-state index >= 15 is 0 Å². The van der Waals surface area contributed by atoms with Crippen LogP contribution in [0.4, 0.5) is 4.39 Å². The first-order valence-corrected chi connectivity index (χ1v) is 10.1. The number of nitrogens with one attached hydrogen (secondary N) is 1. The monoisotopic (exact) mass is 361 g/mol. The number of fused-ring (bicyclic) bond motifs is 1. The van der Waals surface area contributed by atoms with Gasteiger partial charge in [-0.15, -0.1) is 0 Å². The summed E-state index contributed by atoms with van der Waals surface area (Å²) in [7, 11) is -3.36. The molecule has 1 N–H and O–H groups in total. The molecule has 0 radical (unpaired) electrons. The zero-order valence-corrected chi connectivity index (χ0v) is 14.7. The first-order chi connectivity index (χ1) is 11.8. The van der Waals surface area contributed by atoms with E-state index in [4.69, 9.17) is 0 Å². The molecule has 0 bridgehead atoms. The van der Waals surface area contributed by atoms with Crippen LogP contribution in [-0.4, -0.2) is 25.8 Å². The van der Waals surface area contributed by atoms with Gasteiger partial charge in [-0.25, -0.2) is 12.8 Å². The molecule has 132 valence electrons. The smallest absolute Gasteiger partial charge is 0.225 e. The van der Waals surface area contributed by atoms with Crippen LogP contribution in [-0.2, 0) is 34.0 Å². The van der Waals surface area contributed by atoms with Crippen LogP contribution >= 0.6 is 0 Å². The summed E-state index contributed by atoms with van der Waals surface area (Å²) in [6.07, 6.45) is 1.94. The number of carbonyl (C=O) groups excluding carboxylic acids is 1. The largest absolute Gasteiger partial charge is 0.352 e. The van der Waals surface area contributed by atoms with Gasteiger partial charge >= 0.3 is 0 Å². The highest BCUT2D eigenvalue weighted by molar-refractivity contribution is 7.91. The van der Waals surface area contributed by atoms with Gasteiger partial charge in [0.05, 0.1) is 11.2 Å². The van der Waals surface area contributed by atoms with Crippen LogP contribution in [0, 0.1) is 11.7 Å². The molecule has 1 aliphatic carbocycles. The van der Waals surface area contributed by atoms with E-state index in [-0.39, 0.29) is 18.3 Å². The average molecular weight is 361 g/mol. The predicted octanol–water partition coefficient (Wildman–Crippen LogP) is 2.27. The number of hydrogen-bond acceptors (Lipinski definition) is 3. The van der Waals surface area contributed by atoms with Gasteiger partial charge in [0.1, 0.15) is 5.82 Å². The summed E-state index contributed by atoms with van der Waals surface area (Å²) in [5, 5.41) is 2.07. The quantitative estimate of drug-likeness (QED) is 0.909. The van der Waals surface area contributed by atoms with Crippen LogP contribution < -0.4 is 5.32 Å². The van der Waals surface area contributed by atoms with Crippen molar-refractivity contribution in [2.75, 3.05) is 6.26 Å². The third kappa shape index (κ3) is 4.07. The third-order valence-electron chi connectivity index (χ3n) is 4.69. The van der Waals surface area contributed by atoms with E-state index < -0.39 is 21.0 Å². The lowest BCUT2D eigenvalue weighted by Gasteiger charge is -2.31. The molecule has 4 nitrogen and oxygen atoms in total. The van der Waals surface area contributed by atoms with Gasteiger partial charge in [-0.1, -0.05) is 36.4 Å². The second-order valence-corrected chi connectivity index (χ2v) is 8.76. The molecule has 0 heterocycles. The minimum Gasteiger partial charge on any atom is -0.352 e. The molecular weight excluding hydrogens is 341 g/mol. The van der Waals surface area contributed by atoms with Crippen LogP contribution in [0.5, 0.6) is 0 Å². The highest BCUT2D eigenvalue weighted by Crippen LogP contribution is 2.30. The summed E-state index contributed by atoms with van der Waals surface area (Å²) in [5.74, 6) is -1.24. The number of hydrogen-bond donors (Lipinski definition) is 1. The fraction of sp³-hybridized carbons (Fsp3) is 0.316. The van der Waals surface area contributed by atoms with E-state index in [1.54, 1.807) is 12.1 Å². The maximum absolute atomic E-state index is 12.9. The maximum Gasteiger partial charge on any atom is 0.225 e. The molecule has 0 fully saturated rings. The summed E-state index contributed by atoms with van der Waals surface area (Å²) in [5.41, 5.74) is 2.77. The SMILES string of the molecule is CS(=O)(=O)C1Cc2ccccc2CC1C(=O)NCc1ccc(F)cc1. The van der Waals surface area contributed by atoms with Crippen molar-refractivity contribution in [1.82, 2.24) is 5.32 Å². The van der Waals surface area contributed by atoms with E-state index in [2.05, 4.69) is 5.32 Å². The molecule has 0 aromatic heterocycles. The minimum absolute atomic E-state index is 0.244. The Labute approximate surface area is 147 Å². The Morgan fingerprint density at radius 1 is 1.08 bits per heavy atom.